The Bertz CT molecular complexity index is 503. The van der Waals surface area contributed by atoms with Gasteiger partial charge in [-0.3, -0.25) is 8.39 Å². The Labute approximate surface area is 115 Å². The van der Waals surface area contributed by atoms with Gasteiger partial charge >= 0.3 is 0 Å². The van der Waals surface area contributed by atoms with Gasteiger partial charge in [-0.25, -0.2) is 4.31 Å². The van der Waals surface area contributed by atoms with Crippen LogP contribution in [-0.2, 0) is 32.0 Å². The molecule has 0 aliphatic rings. The van der Waals surface area contributed by atoms with Crippen molar-refractivity contribution in [2.75, 3.05) is 26.0 Å². The van der Waals surface area contributed by atoms with Crippen molar-refractivity contribution in [1.82, 2.24) is 4.31 Å². The standard InChI is InChI=1S/C11H17NO5S2/c1-19(15,16)17-10-9-12(18(13)14)8-7-11-5-3-2-4-6-11/h2-6H,7-10H2,1H3,(H,13,14)/p-1. The highest BCUT2D eigenvalue weighted by atomic mass is 32.2. The van der Waals surface area contributed by atoms with E-state index in [2.05, 4.69) is 4.18 Å². The van der Waals surface area contributed by atoms with Gasteiger partial charge in [0.05, 0.1) is 12.9 Å². The molecule has 6 nitrogen and oxygen atoms in total. The Kier molecular flexibility index (Phi) is 6.59. The summed E-state index contributed by atoms with van der Waals surface area (Å²) in [7, 11) is -3.54. The van der Waals surface area contributed by atoms with Crippen LogP contribution in [0.1, 0.15) is 5.56 Å². The monoisotopic (exact) mass is 306 g/mol. The van der Waals surface area contributed by atoms with Crippen LogP contribution in [0.4, 0.5) is 0 Å². The van der Waals surface area contributed by atoms with Crippen molar-refractivity contribution in [3.63, 3.8) is 0 Å². The van der Waals surface area contributed by atoms with E-state index in [-0.39, 0.29) is 19.7 Å². The second-order valence-electron chi connectivity index (χ2n) is 3.91. The van der Waals surface area contributed by atoms with Crippen LogP contribution in [0.2, 0.25) is 0 Å². The molecule has 0 spiro atoms. The maximum atomic E-state index is 11.0. The summed E-state index contributed by atoms with van der Waals surface area (Å²) in [4.78, 5) is 0. The van der Waals surface area contributed by atoms with Gasteiger partial charge in [0, 0.05) is 24.4 Å². The lowest BCUT2D eigenvalue weighted by molar-refractivity contribution is 0.275. The number of hydrogen-bond acceptors (Lipinski definition) is 5. The van der Waals surface area contributed by atoms with Crippen molar-refractivity contribution in [2.24, 2.45) is 0 Å². The molecule has 0 heterocycles. The van der Waals surface area contributed by atoms with E-state index in [1.54, 1.807) is 0 Å². The Morgan fingerprint density at radius 3 is 2.42 bits per heavy atom. The van der Waals surface area contributed by atoms with E-state index in [1.165, 1.54) is 0 Å². The zero-order valence-electron chi connectivity index (χ0n) is 10.5. The highest BCUT2D eigenvalue weighted by Crippen LogP contribution is 2.03. The number of benzene rings is 1. The fraction of sp³-hybridized carbons (Fsp3) is 0.455. The molecule has 0 amide bonds. The lowest BCUT2D eigenvalue weighted by Gasteiger charge is -2.23. The molecule has 0 aliphatic heterocycles. The number of rotatable bonds is 8. The molecule has 0 aliphatic carbocycles. The van der Waals surface area contributed by atoms with Crippen molar-refractivity contribution in [3.8, 4) is 0 Å². The fourth-order valence-corrected chi connectivity index (χ4v) is 2.29. The third kappa shape index (κ3) is 7.38. The molecule has 1 unspecified atom stereocenters. The van der Waals surface area contributed by atoms with Gasteiger partial charge in [-0.05, 0) is 12.0 Å². The van der Waals surface area contributed by atoms with Gasteiger partial charge in [0.15, 0.2) is 0 Å². The van der Waals surface area contributed by atoms with Gasteiger partial charge < -0.3 is 4.55 Å². The van der Waals surface area contributed by atoms with Crippen LogP contribution in [0, 0.1) is 0 Å². The normalized spacial score (nSPS) is 13.6. The van der Waals surface area contributed by atoms with E-state index >= 15 is 0 Å². The lowest BCUT2D eigenvalue weighted by atomic mass is 10.1. The molecule has 1 aromatic carbocycles. The zero-order valence-corrected chi connectivity index (χ0v) is 12.2. The van der Waals surface area contributed by atoms with Crippen LogP contribution < -0.4 is 0 Å². The summed E-state index contributed by atoms with van der Waals surface area (Å²) in [5, 5.41) is 0. The molecule has 0 saturated carbocycles. The zero-order chi connectivity index (χ0) is 14.3. The van der Waals surface area contributed by atoms with E-state index in [0.29, 0.717) is 6.42 Å². The van der Waals surface area contributed by atoms with Crippen molar-refractivity contribution in [1.29, 1.82) is 0 Å². The predicted octanol–water partition coefficient (Wildman–Crippen LogP) is 0.301. The largest absolute Gasteiger partial charge is 0.760 e. The second-order valence-corrected chi connectivity index (χ2v) is 6.50. The third-order valence-electron chi connectivity index (χ3n) is 2.34. The third-order valence-corrected chi connectivity index (χ3v) is 3.72. The topological polar surface area (TPSA) is 86.7 Å². The lowest BCUT2D eigenvalue weighted by Crippen LogP contribution is -2.32. The van der Waals surface area contributed by atoms with Crippen LogP contribution in [-0.4, -0.2) is 47.4 Å². The molecule has 1 rings (SSSR count). The van der Waals surface area contributed by atoms with Gasteiger partial charge in [0.2, 0.25) is 0 Å². The summed E-state index contributed by atoms with van der Waals surface area (Å²) in [5.41, 5.74) is 1.02. The van der Waals surface area contributed by atoms with Gasteiger partial charge in [-0.2, -0.15) is 8.42 Å². The Balaban J connectivity index is 2.43. The van der Waals surface area contributed by atoms with Crippen LogP contribution in [0.25, 0.3) is 0 Å². The SMILES string of the molecule is CS(=O)(=O)OCCN(CCc1ccccc1)S(=O)[O-]. The summed E-state index contributed by atoms with van der Waals surface area (Å²) in [5.74, 6) is 0. The summed E-state index contributed by atoms with van der Waals surface area (Å²) in [6, 6.07) is 9.44. The smallest absolute Gasteiger partial charge is 0.264 e. The van der Waals surface area contributed by atoms with Gasteiger partial charge in [-0.15, -0.1) is 0 Å². The van der Waals surface area contributed by atoms with Crippen molar-refractivity contribution in [3.05, 3.63) is 35.9 Å². The summed E-state index contributed by atoms with van der Waals surface area (Å²) < 4.78 is 49.2. The van der Waals surface area contributed by atoms with Crippen molar-refractivity contribution >= 4 is 21.4 Å². The minimum absolute atomic E-state index is 0.00994. The molecule has 1 aromatic rings. The first-order chi connectivity index (χ1) is 8.88. The van der Waals surface area contributed by atoms with Crippen LogP contribution >= 0.6 is 0 Å². The van der Waals surface area contributed by atoms with E-state index < -0.39 is 21.4 Å². The molecule has 0 aromatic heterocycles. The summed E-state index contributed by atoms with van der Waals surface area (Å²) >= 11 is -2.40. The first kappa shape index (κ1) is 16.3. The molecular formula is C11H16NO5S2-. The van der Waals surface area contributed by atoms with Crippen LogP contribution in [0.3, 0.4) is 0 Å². The number of nitrogens with zero attached hydrogens (tertiary/aromatic N) is 1. The van der Waals surface area contributed by atoms with Crippen LogP contribution in [0.5, 0.6) is 0 Å². The molecule has 108 valence electrons. The quantitative estimate of drug-likeness (QED) is 0.509. The molecule has 0 bridgehead atoms. The molecule has 1 atom stereocenters. The predicted molar refractivity (Wildman–Crippen MR) is 71.4 cm³/mol. The molecular weight excluding hydrogens is 290 g/mol. The maximum absolute atomic E-state index is 11.0. The highest BCUT2D eigenvalue weighted by Gasteiger charge is 2.08. The van der Waals surface area contributed by atoms with Crippen LogP contribution in [0.15, 0.2) is 30.3 Å². The molecule has 0 radical (unpaired) electrons. The Morgan fingerprint density at radius 2 is 1.89 bits per heavy atom. The summed E-state index contributed by atoms with van der Waals surface area (Å²) in [6.45, 7) is 0.116. The van der Waals surface area contributed by atoms with E-state index in [0.717, 1.165) is 16.1 Å². The van der Waals surface area contributed by atoms with Gasteiger partial charge in [-0.1, -0.05) is 30.3 Å². The maximum Gasteiger partial charge on any atom is 0.264 e. The first-order valence-electron chi connectivity index (χ1n) is 5.61. The molecule has 8 heteroatoms. The van der Waals surface area contributed by atoms with Gasteiger partial charge in [0.25, 0.3) is 10.1 Å². The minimum atomic E-state index is -3.54. The molecule has 0 N–H and O–H groups in total. The number of hydrogen-bond donors (Lipinski definition) is 0. The minimum Gasteiger partial charge on any atom is -0.760 e. The second kappa shape index (κ2) is 7.71. The molecule has 19 heavy (non-hydrogen) atoms. The first-order valence-corrected chi connectivity index (χ1v) is 8.46. The van der Waals surface area contributed by atoms with E-state index in [4.69, 9.17) is 0 Å². The molecule has 0 saturated heterocycles. The summed E-state index contributed by atoms with van der Waals surface area (Å²) in [6.07, 6.45) is 1.49. The average molecular weight is 306 g/mol. The Hall–Kier alpha value is -0.800. The fourth-order valence-electron chi connectivity index (χ4n) is 1.45. The van der Waals surface area contributed by atoms with Crippen molar-refractivity contribution < 1.29 is 21.4 Å². The average Bonchev–Trinajstić information content (AvgIpc) is 2.33. The Morgan fingerprint density at radius 1 is 1.26 bits per heavy atom. The van der Waals surface area contributed by atoms with Gasteiger partial charge in [0.1, 0.15) is 0 Å². The van der Waals surface area contributed by atoms with Crippen molar-refractivity contribution in [2.45, 2.75) is 6.42 Å². The molecule has 0 fully saturated rings. The highest BCUT2D eigenvalue weighted by molar-refractivity contribution is 7.86. The van der Waals surface area contributed by atoms with E-state index in [1.807, 2.05) is 30.3 Å². The van der Waals surface area contributed by atoms with E-state index in [9.17, 15) is 17.2 Å².